The van der Waals surface area contributed by atoms with E-state index in [1.54, 1.807) is 0 Å². The highest BCUT2D eigenvalue weighted by Gasteiger charge is 1.98. The molecule has 2 nitrogen and oxygen atoms in total. The summed E-state index contributed by atoms with van der Waals surface area (Å²) in [5.74, 6) is 0. The second-order valence-electron chi connectivity index (χ2n) is 2.57. The summed E-state index contributed by atoms with van der Waals surface area (Å²) in [4.78, 5) is 10.5. The van der Waals surface area contributed by atoms with Crippen LogP contribution >= 0.6 is 28.6 Å². The number of nitrogens with one attached hydrogen (secondary N) is 1. The number of benzene rings is 1. The zero-order chi connectivity index (χ0) is 9.68. The van der Waals surface area contributed by atoms with Gasteiger partial charge in [-0.15, -0.1) is 0 Å². The van der Waals surface area contributed by atoms with Gasteiger partial charge in [-0.3, -0.25) is 4.79 Å². The molecule has 0 atom stereocenters. The quantitative estimate of drug-likeness (QED) is 0.804. The van der Waals surface area contributed by atoms with Crippen molar-refractivity contribution in [2.24, 2.45) is 0 Å². The molecule has 0 bridgehead atoms. The molecule has 0 radical (unpaired) electrons. The van der Waals surface area contributed by atoms with Crippen LogP contribution in [0, 0.1) is 0 Å². The molecular formula is C9H10BrNOS. The van der Waals surface area contributed by atoms with Gasteiger partial charge < -0.3 is 5.32 Å². The Morgan fingerprint density at radius 2 is 2.15 bits per heavy atom. The molecule has 0 aliphatic rings. The van der Waals surface area contributed by atoms with E-state index < -0.39 is 0 Å². The van der Waals surface area contributed by atoms with Gasteiger partial charge in [-0.1, -0.05) is 46.8 Å². The van der Waals surface area contributed by atoms with Gasteiger partial charge >= 0.3 is 0 Å². The molecule has 1 amide bonds. The molecule has 0 aliphatic heterocycles. The van der Waals surface area contributed by atoms with E-state index in [1.807, 2.05) is 24.3 Å². The van der Waals surface area contributed by atoms with E-state index in [1.165, 1.54) is 5.56 Å². The zero-order valence-corrected chi connectivity index (χ0v) is 9.44. The van der Waals surface area contributed by atoms with Gasteiger partial charge in [-0.05, 0) is 18.1 Å². The Kier molecular flexibility index (Phi) is 4.32. The number of rotatable bonds is 3. The zero-order valence-electron chi connectivity index (χ0n) is 6.96. The Bertz CT molecular complexity index is 303. The highest BCUT2D eigenvalue weighted by atomic mass is 79.9. The Balaban J connectivity index is 2.45. The molecule has 0 saturated carbocycles. The fourth-order valence-corrected chi connectivity index (χ4v) is 1.60. The van der Waals surface area contributed by atoms with E-state index in [4.69, 9.17) is 0 Å². The molecule has 13 heavy (non-hydrogen) atoms. The first-order valence-electron chi connectivity index (χ1n) is 3.90. The maximum absolute atomic E-state index is 10.5. The minimum absolute atomic E-state index is 0.285. The average Bonchev–Trinajstić information content (AvgIpc) is 2.08. The summed E-state index contributed by atoms with van der Waals surface area (Å²) in [5.41, 5.74) is 1.18. The van der Waals surface area contributed by atoms with Crippen LogP contribution in [0.2, 0.25) is 0 Å². The van der Waals surface area contributed by atoms with E-state index >= 15 is 0 Å². The molecule has 0 spiro atoms. The summed E-state index contributed by atoms with van der Waals surface area (Å²) in [6.07, 6.45) is 0.813. The van der Waals surface area contributed by atoms with Gasteiger partial charge in [-0.25, -0.2) is 0 Å². The van der Waals surface area contributed by atoms with E-state index in [0.29, 0.717) is 6.54 Å². The van der Waals surface area contributed by atoms with E-state index in [0.717, 1.165) is 10.9 Å². The van der Waals surface area contributed by atoms with Crippen molar-refractivity contribution in [2.75, 3.05) is 6.54 Å². The summed E-state index contributed by atoms with van der Waals surface area (Å²) in [7, 11) is 0. The normalized spacial score (nSPS) is 9.69. The van der Waals surface area contributed by atoms with Gasteiger partial charge in [0, 0.05) is 11.0 Å². The lowest BCUT2D eigenvalue weighted by Gasteiger charge is -2.03. The van der Waals surface area contributed by atoms with Crippen molar-refractivity contribution in [3.05, 3.63) is 34.3 Å². The van der Waals surface area contributed by atoms with Crippen LogP contribution in [0.25, 0.3) is 0 Å². The summed E-state index contributed by atoms with van der Waals surface area (Å²) < 4.78 is 1.07. The summed E-state index contributed by atoms with van der Waals surface area (Å²) >= 11 is 7.04. The second kappa shape index (κ2) is 5.29. The van der Waals surface area contributed by atoms with Crippen LogP contribution in [-0.4, -0.2) is 11.8 Å². The van der Waals surface area contributed by atoms with Gasteiger partial charge in [0.05, 0.1) is 0 Å². The highest BCUT2D eigenvalue weighted by Crippen LogP contribution is 2.15. The number of hydrogen-bond acceptors (Lipinski definition) is 1. The number of halogens is 1. The Morgan fingerprint density at radius 3 is 2.77 bits per heavy atom. The monoisotopic (exact) mass is 259 g/mol. The van der Waals surface area contributed by atoms with Gasteiger partial charge in [-0.2, -0.15) is 0 Å². The Labute approximate surface area is 91.3 Å². The van der Waals surface area contributed by atoms with Crippen LogP contribution in [0.1, 0.15) is 5.56 Å². The summed E-state index contributed by atoms with van der Waals surface area (Å²) in [6, 6.07) is 7.94. The molecule has 0 unspecified atom stereocenters. The van der Waals surface area contributed by atoms with Crippen molar-refractivity contribution in [3.8, 4) is 0 Å². The maximum atomic E-state index is 10.5. The van der Waals surface area contributed by atoms with Gasteiger partial charge in [0.15, 0.2) is 0 Å². The minimum Gasteiger partial charge on any atom is -0.347 e. The lowest BCUT2D eigenvalue weighted by molar-refractivity contribution is 0.261. The smallest absolute Gasteiger partial charge is 0.275 e. The van der Waals surface area contributed by atoms with Crippen molar-refractivity contribution >= 4 is 33.8 Å². The number of amides is 1. The number of carbonyl (C=O) groups is 1. The van der Waals surface area contributed by atoms with Crippen LogP contribution in [0.15, 0.2) is 28.7 Å². The first-order chi connectivity index (χ1) is 6.20. The second-order valence-corrected chi connectivity index (χ2v) is 3.83. The van der Waals surface area contributed by atoms with Gasteiger partial charge in [0.1, 0.15) is 0 Å². The van der Waals surface area contributed by atoms with Crippen molar-refractivity contribution in [2.45, 2.75) is 6.42 Å². The standard InChI is InChI=1S/C9H10BrNOS/c10-8-4-2-1-3-7(8)5-6-11-9(12)13/h1-4H,5-6H2,(H2,11,12,13). The van der Waals surface area contributed by atoms with E-state index in [-0.39, 0.29) is 5.24 Å². The predicted octanol–water partition coefficient (Wildman–Crippen LogP) is 2.63. The van der Waals surface area contributed by atoms with Crippen LogP contribution < -0.4 is 5.32 Å². The first-order valence-corrected chi connectivity index (χ1v) is 5.14. The molecule has 1 rings (SSSR count). The van der Waals surface area contributed by atoms with Crippen LogP contribution in [0.5, 0.6) is 0 Å². The van der Waals surface area contributed by atoms with Gasteiger partial charge in [0.25, 0.3) is 5.24 Å². The molecule has 0 aliphatic carbocycles. The van der Waals surface area contributed by atoms with E-state index in [9.17, 15) is 4.79 Å². The molecular weight excluding hydrogens is 250 g/mol. The maximum Gasteiger partial charge on any atom is 0.275 e. The van der Waals surface area contributed by atoms with Crippen molar-refractivity contribution in [1.29, 1.82) is 0 Å². The molecule has 0 saturated heterocycles. The third-order valence-electron chi connectivity index (χ3n) is 1.63. The van der Waals surface area contributed by atoms with Gasteiger partial charge in [0.2, 0.25) is 0 Å². The SMILES string of the molecule is O=C(S)NCCc1ccccc1Br. The number of carbonyl (C=O) groups excluding carboxylic acids is 1. The van der Waals surface area contributed by atoms with Crippen molar-refractivity contribution in [3.63, 3.8) is 0 Å². The number of thiol groups is 1. The van der Waals surface area contributed by atoms with Crippen LogP contribution in [0.3, 0.4) is 0 Å². The van der Waals surface area contributed by atoms with Crippen LogP contribution in [-0.2, 0) is 6.42 Å². The lowest BCUT2D eigenvalue weighted by atomic mass is 10.1. The fourth-order valence-electron chi connectivity index (χ4n) is 1.01. The van der Waals surface area contributed by atoms with Crippen molar-refractivity contribution in [1.82, 2.24) is 5.32 Å². The van der Waals surface area contributed by atoms with E-state index in [2.05, 4.69) is 33.9 Å². The third-order valence-corrected chi connectivity index (χ3v) is 2.56. The lowest BCUT2D eigenvalue weighted by Crippen LogP contribution is -2.19. The molecule has 1 N–H and O–H groups in total. The molecule has 0 aromatic heterocycles. The minimum atomic E-state index is -0.285. The fraction of sp³-hybridized carbons (Fsp3) is 0.222. The predicted molar refractivity (Wildman–Crippen MR) is 60.2 cm³/mol. The third kappa shape index (κ3) is 3.83. The Hall–Kier alpha value is -0.480. The first kappa shape index (κ1) is 10.6. The number of hydrogen-bond donors (Lipinski definition) is 2. The Morgan fingerprint density at radius 1 is 1.46 bits per heavy atom. The molecule has 70 valence electrons. The molecule has 0 heterocycles. The molecule has 4 heteroatoms. The largest absolute Gasteiger partial charge is 0.347 e. The van der Waals surface area contributed by atoms with Crippen LogP contribution in [0.4, 0.5) is 4.79 Å². The van der Waals surface area contributed by atoms with Crippen molar-refractivity contribution < 1.29 is 4.79 Å². The molecule has 0 fully saturated rings. The summed E-state index contributed by atoms with van der Waals surface area (Å²) in [5, 5.41) is 2.34. The average molecular weight is 260 g/mol. The molecule has 1 aromatic rings. The highest BCUT2D eigenvalue weighted by molar-refractivity contribution is 9.10. The topological polar surface area (TPSA) is 29.1 Å². The summed E-state index contributed by atoms with van der Waals surface area (Å²) in [6.45, 7) is 0.616. The molecule has 1 aromatic carbocycles.